The molecule has 0 radical (unpaired) electrons. The smallest absolute Gasteiger partial charge is 0.254 e. The average molecular weight is 544 g/mol. The number of rotatable bonds is 10. The lowest BCUT2D eigenvalue weighted by atomic mass is 10.1. The van der Waals surface area contributed by atoms with Gasteiger partial charge in [-0.15, -0.1) is 10.2 Å². The van der Waals surface area contributed by atoms with Gasteiger partial charge < -0.3 is 15.1 Å². The van der Waals surface area contributed by atoms with Crippen LogP contribution in [0.2, 0.25) is 5.02 Å². The molecule has 1 heterocycles. The highest BCUT2D eigenvalue weighted by atomic mass is 35.5. The summed E-state index contributed by atoms with van der Waals surface area (Å²) < 4.78 is 0. The maximum absolute atomic E-state index is 13.4. The molecule has 0 atom stereocenters. The van der Waals surface area contributed by atoms with Crippen LogP contribution in [-0.4, -0.2) is 31.2 Å². The zero-order chi connectivity index (χ0) is 27.6. The number of hydrogen-bond acceptors (Lipinski definition) is 7. The molecule has 0 spiro atoms. The highest BCUT2D eigenvalue weighted by Gasteiger charge is 2.17. The van der Waals surface area contributed by atoms with Crippen molar-refractivity contribution in [3.63, 3.8) is 0 Å². The molecule has 200 valence electrons. The molecule has 1 saturated heterocycles. The first-order chi connectivity index (χ1) is 19.0. The van der Waals surface area contributed by atoms with E-state index in [0.29, 0.717) is 10.6 Å². The van der Waals surface area contributed by atoms with Crippen molar-refractivity contribution in [3.8, 4) is 0 Å². The van der Waals surface area contributed by atoms with Crippen LogP contribution in [0, 0.1) is 11.1 Å². The topological polar surface area (TPSA) is 125 Å². The normalized spacial score (nSPS) is 14.0. The molecule has 1 aliphatic rings. The Morgan fingerprint density at radius 2 is 1.62 bits per heavy atom. The van der Waals surface area contributed by atoms with Crippen LogP contribution >= 0.6 is 11.6 Å². The molecule has 1 fully saturated rings. The van der Waals surface area contributed by atoms with Gasteiger partial charge in [-0.05, 0) is 78.9 Å². The van der Waals surface area contributed by atoms with Gasteiger partial charge in [-0.25, -0.2) is 11.1 Å². The Kier molecular flexibility index (Phi) is 9.53. The second-order valence-electron chi connectivity index (χ2n) is 9.15. The van der Waals surface area contributed by atoms with Crippen LogP contribution in [0.5, 0.6) is 0 Å². The second kappa shape index (κ2) is 13.4. The standard InChI is InChI=1S/C29H30ClN7O2/c30-26-7-3-2-6-22(26)12-17-27(38)37(25-15-13-24(14-16-25)36-18-4-1-5-19-36)20-21-8-10-23(11-9-21)28(39)33-29(34-31)35-32/h2-3,6-17,29,31-32H,1,4-5,18-20H2,(H,33,39). The van der Waals surface area contributed by atoms with Crippen molar-refractivity contribution >= 4 is 40.9 Å². The fourth-order valence-electron chi connectivity index (χ4n) is 4.39. The molecular weight excluding hydrogens is 514 g/mol. The molecule has 1 aliphatic heterocycles. The first-order valence-electron chi connectivity index (χ1n) is 12.7. The van der Waals surface area contributed by atoms with E-state index in [0.717, 1.165) is 35.6 Å². The van der Waals surface area contributed by atoms with Crippen LogP contribution in [0.25, 0.3) is 6.08 Å². The molecule has 3 aromatic rings. The van der Waals surface area contributed by atoms with Crippen LogP contribution in [0.3, 0.4) is 0 Å². The molecular formula is C29H30ClN7O2. The zero-order valence-corrected chi connectivity index (χ0v) is 22.1. The largest absolute Gasteiger partial charge is 0.372 e. The van der Waals surface area contributed by atoms with Gasteiger partial charge in [0.15, 0.2) is 0 Å². The Morgan fingerprint density at radius 3 is 2.26 bits per heavy atom. The molecule has 0 saturated carbocycles. The molecule has 3 aromatic carbocycles. The molecule has 39 heavy (non-hydrogen) atoms. The average Bonchev–Trinajstić information content (AvgIpc) is 2.99. The van der Waals surface area contributed by atoms with Crippen molar-refractivity contribution in [2.24, 2.45) is 10.2 Å². The summed E-state index contributed by atoms with van der Waals surface area (Å²) >= 11 is 6.27. The van der Waals surface area contributed by atoms with Gasteiger partial charge in [-0.2, -0.15) is 0 Å². The Labute approximate surface area is 232 Å². The van der Waals surface area contributed by atoms with E-state index in [-0.39, 0.29) is 12.5 Å². The van der Waals surface area contributed by atoms with Gasteiger partial charge in [-0.1, -0.05) is 41.9 Å². The monoisotopic (exact) mass is 543 g/mol. The Hall–Kier alpha value is -4.37. The molecule has 0 bridgehead atoms. The van der Waals surface area contributed by atoms with E-state index in [2.05, 4.69) is 32.6 Å². The third-order valence-corrected chi connectivity index (χ3v) is 6.87. The Morgan fingerprint density at radius 1 is 0.949 bits per heavy atom. The number of carbonyl (C=O) groups excluding carboxylic acids is 2. The fourth-order valence-corrected chi connectivity index (χ4v) is 4.59. The van der Waals surface area contributed by atoms with Gasteiger partial charge in [0.05, 0.1) is 6.54 Å². The van der Waals surface area contributed by atoms with Gasteiger partial charge in [0, 0.05) is 41.1 Å². The number of carbonyl (C=O) groups is 2. The first kappa shape index (κ1) is 27.7. The summed E-state index contributed by atoms with van der Waals surface area (Å²) in [5.41, 5.74) is 17.7. The van der Waals surface area contributed by atoms with E-state index in [1.54, 1.807) is 41.3 Å². The van der Waals surface area contributed by atoms with Crippen LogP contribution in [-0.2, 0) is 11.3 Å². The predicted octanol–water partition coefficient (Wildman–Crippen LogP) is 6.65. The van der Waals surface area contributed by atoms with Crippen LogP contribution in [0.1, 0.15) is 40.7 Å². The van der Waals surface area contributed by atoms with E-state index in [4.69, 9.17) is 22.7 Å². The minimum atomic E-state index is -1.25. The molecule has 0 unspecified atom stereocenters. The molecule has 10 heteroatoms. The number of nitrogens with one attached hydrogen (secondary N) is 3. The van der Waals surface area contributed by atoms with E-state index >= 15 is 0 Å². The highest BCUT2D eigenvalue weighted by Crippen LogP contribution is 2.26. The summed E-state index contributed by atoms with van der Waals surface area (Å²) in [6, 6.07) is 22.1. The lowest BCUT2D eigenvalue weighted by Crippen LogP contribution is -2.31. The fraction of sp³-hybridized carbons (Fsp3) is 0.241. The van der Waals surface area contributed by atoms with Crippen molar-refractivity contribution in [2.45, 2.75) is 32.1 Å². The third kappa shape index (κ3) is 7.36. The minimum absolute atomic E-state index is 0.209. The Bertz CT molecular complexity index is 1330. The van der Waals surface area contributed by atoms with E-state index in [1.165, 1.54) is 25.3 Å². The van der Waals surface area contributed by atoms with Crippen molar-refractivity contribution < 1.29 is 9.59 Å². The number of anilines is 2. The summed E-state index contributed by atoms with van der Waals surface area (Å²) in [6.45, 7) is 2.35. The highest BCUT2D eigenvalue weighted by molar-refractivity contribution is 6.32. The number of benzene rings is 3. The second-order valence-corrected chi connectivity index (χ2v) is 9.55. The third-order valence-electron chi connectivity index (χ3n) is 6.52. The molecule has 2 amide bonds. The predicted molar refractivity (Wildman–Crippen MR) is 152 cm³/mol. The number of hydrogen-bond donors (Lipinski definition) is 3. The lowest BCUT2D eigenvalue weighted by Gasteiger charge is -2.29. The van der Waals surface area contributed by atoms with Gasteiger partial charge >= 0.3 is 0 Å². The van der Waals surface area contributed by atoms with Crippen LogP contribution in [0.15, 0.2) is 89.1 Å². The number of halogens is 1. The van der Waals surface area contributed by atoms with Crippen molar-refractivity contribution in [1.82, 2.24) is 5.32 Å². The lowest BCUT2D eigenvalue weighted by molar-refractivity contribution is -0.114. The quantitative estimate of drug-likeness (QED) is 0.196. The minimum Gasteiger partial charge on any atom is -0.372 e. The van der Waals surface area contributed by atoms with Crippen molar-refractivity contribution in [1.29, 1.82) is 11.1 Å². The summed E-state index contributed by atoms with van der Waals surface area (Å²) in [5, 5.41) is 9.06. The zero-order valence-electron chi connectivity index (χ0n) is 21.4. The van der Waals surface area contributed by atoms with Gasteiger partial charge in [0.2, 0.25) is 0 Å². The summed E-state index contributed by atoms with van der Waals surface area (Å²) in [6.07, 6.45) is 5.60. The van der Waals surface area contributed by atoms with Crippen LogP contribution < -0.4 is 15.1 Å². The van der Waals surface area contributed by atoms with Gasteiger partial charge in [0.1, 0.15) is 0 Å². The summed E-state index contributed by atoms with van der Waals surface area (Å²) in [4.78, 5) is 29.9. The molecule has 0 aliphatic carbocycles. The molecule has 4 rings (SSSR count). The summed E-state index contributed by atoms with van der Waals surface area (Å²) in [7, 11) is 0. The SMILES string of the molecule is N=NC(N=N)NC(=O)c1ccc(CN(C(=O)C=Cc2ccccc2Cl)c2ccc(N3CCCCC3)cc2)cc1. The number of nitrogens with zero attached hydrogens (tertiary/aromatic N) is 4. The van der Waals surface area contributed by atoms with Gasteiger partial charge in [-0.3, -0.25) is 9.59 Å². The van der Waals surface area contributed by atoms with E-state index in [9.17, 15) is 9.59 Å². The number of amides is 2. The first-order valence-corrected chi connectivity index (χ1v) is 13.1. The van der Waals surface area contributed by atoms with Crippen molar-refractivity contribution in [3.05, 3.63) is 101 Å². The van der Waals surface area contributed by atoms with Crippen molar-refractivity contribution in [2.75, 3.05) is 22.9 Å². The summed E-state index contributed by atoms with van der Waals surface area (Å²) in [5.74, 6) is -0.707. The van der Waals surface area contributed by atoms with Gasteiger partial charge in [0.25, 0.3) is 18.1 Å². The maximum Gasteiger partial charge on any atom is 0.254 e. The van der Waals surface area contributed by atoms with E-state index < -0.39 is 12.2 Å². The maximum atomic E-state index is 13.4. The Balaban J connectivity index is 1.56. The molecule has 0 aromatic heterocycles. The number of piperidine rings is 1. The van der Waals surface area contributed by atoms with Crippen LogP contribution in [0.4, 0.5) is 11.4 Å². The molecule has 9 nitrogen and oxygen atoms in total. The molecule has 3 N–H and O–H groups in total. The van der Waals surface area contributed by atoms with E-state index in [1.807, 2.05) is 30.3 Å².